The molecule has 30 heavy (non-hydrogen) atoms. The maximum Gasteiger partial charge on any atom is 0.253 e. The minimum Gasteiger partial charge on any atom is -0.352 e. The second kappa shape index (κ2) is 8.07. The van der Waals surface area contributed by atoms with E-state index in [-0.39, 0.29) is 5.91 Å². The van der Waals surface area contributed by atoms with Crippen LogP contribution in [0.4, 0.5) is 0 Å². The molecule has 1 aliphatic rings. The van der Waals surface area contributed by atoms with E-state index in [2.05, 4.69) is 47.1 Å². The molecule has 1 N–H and O–H groups in total. The molecule has 0 bridgehead atoms. The van der Waals surface area contributed by atoms with Crippen molar-refractivity contribution in [2.45, 2.75) is 39.2 Å². The Bertz CT molecular complexity index is 1180. The summed E-state index contributed by atoms with van der Waals surface area (Å²) in [6, 6.07) is 16.7. The fraction of sp³-hybridized carbons (Fsp3) is 0.280. The second-order valence-electron chi connectivity index (χ2n) is 8.01. The van der Waals surface area contributed by atoms with Gasteiger partial charge in [-0.15, -0.1) is 11.3 Å². The van der Waals surface area contributed by atoms with Crippen molar-refractivity contribution < 1.29 is 4.79 Å². The smallest absolute Gasteiger partial charge is 0.253 e. The zero-order valence-corrected chi connectivity index (χ0v) is 18.0. The molecule has 2 aromatic heterocycles. The summed E-state index contributed by atoms with van der Waals surface area (Å²) >= 11 is 1.81. The molecule has 152 valence electrons. The maximum atomic E-state index is 13.0. The van der Waals surface area contributed by atoms with Crippen molar-refractivity contribution in [1.82, 2.24) is 14.9 Å². The minimum absolute atomic E-state index is 0.0158. The molecule has 0 unspecified atom stereocenters. The molecule has 0 saturated carbocycles. The highest BCUT2D eigenvalue weighted by atomic mass is 32.1. The van der Waals surface area contributed by atoms with Crippen LogP contribution in [0.1, 0.15) is 43.5 Å². The van der Waals surface area contributed by atoms with Crippen molar-refractivity contribution in [3.8, 4) is 0 Å². The van der Waals surface area contributed by atoms with Gasteiger partial charge in [-0.25, -0.2) is 4.98 Å². The number of carbonyl (C=O) groups is 1. The van der Waals surface area contributed by atoms with Gasteiger partial charge >= 0.3 is 0 Å². The summed E-state index contributed by atoms with van der Waals surface area (Å²) in [5.74, 6) is -0.0158. The van der Waals surface area contributed by atoms with Crippen molar-refractivity contribution in [1.29, 1.82) is 0 Å². The topological polar surface area (TPSA) is 46.9 Å². The van der Waals surface area contributed by atoms with E-state index in [1.54, 1.807) is 0 Å². The van der Waals surface area contributed by atoms with Crippen LogP contribution < -0.4 is 5.32 Å². The standard InChI is InChI=1S/C25H25N3OS/c1-17-9-11-18(12-10-17)15-28-16-20(19-5-2-3-7-22(19)28)25(29)26-14-13-24-27-21-6-4-8-23(21)30-24/h2-3,5,7,9-12,16H,4,6,8,13-15H2,1H3,(H,26,29). The third-order valence-corrected chi connectivity index (χ3v) is 6.99. The molecule has 0 radical (unpaired) electrons. The molecule has 0 fully saturated rings. The molecule has 2 heterocycles. The fourth-order valence-corrected chi connectivity index (χ4v) is 5.33. The average molecular weight is 416 g/mol. The Labute approximate surface area is 180 Å². The third kappa shape index (κ3) is 3.77. The number of amides is 1. The number of para-hydroxylation sites is 1. The Kier molecular flexibility index (Phi) is 5.13. The van der Waals surface area contributed by atoms with Crippen LogP contribution in [0.3, 0.4) is 0 Å². The van der Waals surface area contributed by atoms with E-state index < -0.39 is 0 Å². The van der Waals surface area contributed by atoms with E-state index in [9.17, 15) is 4.79 Å². The Morgan fingerprint density at radius 3 is 2.80 bits per heavy atom. The summed E-state index contributed by atoms with van der Waals surface area (Å²) in [6.45, 7) is 3.46. The van der Waals surface area contributed by atoms with Gasteiger partial charge in [-0.3, -0.25) is 4.79 Å². The van der Waals surface area contributed by atoms with Gasteiger partial charge in [0.25, 0.3) is 5.91 Å². The molecule has 4 aromatic rings. The van der Waals surface area contributed by atoms with Crippen LogP contribution in [-0.4, -0.2) is 22.0 Å². The first-order valence-electron chi connectivity index (χ1n) is 10.6. The number of nitrogens with zero attached hydrogens (tertiary/aromatic N) is 2. The number of carbonyl (C=O) groups excluding carboxylic acids is 1. The number of thiazole rings is 1. The Hall–Kier alpha value is -2.92. The van der Waals surface area contributed by atoms with Gasteiger partial charge < -0.3 is 9.88 Å². The molecule has 0 aliphatic heterocycles. The number of nitrogens with one attached hydrogen (secondary N) is 1. The van der Waals surface area contributed by atoms with Gasteiger partial charge in [0.2, 0.25) is 0 Å². The molecule has 0 saturated heterocycles. The van der Waals surface area contributed by atoms with Crippen LogP contribution in [0.2, 0.25) is 0 Å². The van der Waals surface area contributed by atoms with E-state index in [0.29, 0.717) is 6.54 Å². The lowest BCUT2D eigenvalue weighted by atomic mass is 10.1. The van der Waals surface area contributed by atoms with Crippen LogP contribution in [0.5, 0.6) is 0 Å². The summed E-state index contributed by atoms with van der Waals surface area (Å²) in [6.07, 6.45) is 6.29. The lowest BCUT2D eigenvalue weighted by molar-refractivity contribution is 0.0955. The highest BCUT2D eigenvalue weighted by Crippen LogP contribution is 2.27. The van der Waals surface area contributed by atoms with E-state index >= 15 is 0 Å². The number of hydrogen-bond acceptors (Lipinski definition) is 3. The predicted molar refractivity (Wildman–Crippen MR) is 122 cm³/mol. The average Bonchev–Trinajstić information content (AvgIpc) is 3.44. The monoisotopic (exact) mass is 415 g/mol. The van der Waals surface area contributed by atoms with Crippen LogP contribution in [-0.2, 0) is 25.8 Å². The molecule has 4 nitrogen and oxygen atoms in total. The Morgan fingerprint density at radius 2 is 1.97 bits per heavy atom. The third-order valence-electron chi connectivity index (χ3n) is 5.77. The second-order valence-corrected chi connectivity index (χ2v) is 9.18. The molecule has 5 heteroatoms. The first kappa shape index (κ1) is 19.1. The summed E-state index contributed by atoms with van der Waals surface area (Å²) in [4.78, 5) is 19.1. The first-order chi connectivity index (χ1) is 14.7. The number of aryl methyl sites for hydroxylation is 3. The van der Waals surface area contributed by atoms with Gasteiger partial charge in [0.1, 0.15) is 0 Å². The van der Waals surface area contributed by atoms with Gasteiger partial charge in [0.15, 0.2) is 0 Å². The summed E-state index contributed by atoms with van der Waals surface area (Å²) < 4.78 is 2.17. The Balaban J connectivity index is 1.31. The SMILES string of the molecule is Cc1ccc(Cn2cc(C(=O)NCCc3nc4c(s3)CCC4)c3ccccc32)cc1. The lowest BCUT2D eigenvalue weighted by Crippen LogP contribution is -2.25. The van der Waals surface area contributed by atoms with Crippen LogP contribution >= 0.6 is 11.3 Å². The maximum absolute atomic E-state index is 13.0. The van der Waals surface area contributed by atoms with Gasteiger partial charge in [0.05, 0.1) is 16.3 Å². The van der Waals surface area contributed by atoms with Crippen molar-refractivity contribution in [2.75, 3.05) is 6.54 Å². The van der Waals surface area contributed by atoms with Crippen molar-refractivity contribution >= 4 is 28.1 Å². The lowest BCUT2D eigenvalue weighted by Gasteiger charge is -2.06. The molecule has 0 atom stereocenters. The van der Waals surface area contributed by atoms with Gasteiger partial charge in [-0.1, -0.05) is 48.0 Å². The summed E-state index contributed by atoms with van der Waals surface area (Å²) in [5.41, 5.74) is 5.58. The highest BCUT2D eigenvalue weighted by Gasteiger charge is 2.18. The van der Waals surface area contributed by atoms with Gasteiger partial charge in [0, 0.05) is 41.5 Å². The van der Waals surface area contributed by atoms with Crippen LogP contribution in [0.15, 0.2) is 54.7 Å². The molecule has 5 rings (SSSR count). The van der Waals surface area contributed by atoms with Crippen molar-refractivity contribution in [2.24, 2.45) is 0 Å². The van der Waals surface area contributed by atoms with Crippen molar-refractivity contribution in [3.05, 3.63) is 87.0 Å². The van der Waals surface area contributed by atoms with Gasteiger partial charge in [-0.05, 0) is 37.8 Å². The number of hydrogen-bond donors (Lipinski definition) is 1. The zero-order chi connectivity index (χ0) is 20.5. The molecular formula is C25H25N3OS. The molecule has 2 aromatic carbocycles. The van der Waals surface area contributed by atoms with Crippen LogP contribution in [0.25, 0.3) is 10.9 Å². The Morgan fingerprint density at radius 1 is 1.13 bits per heavy atom. The normalized spacial score (nSPS) is 13.0. The number of rotatable bonds is 6. The van der Waals surface area contributed by atoms with E-state index in [1.165, 1.54) is 34.5 Å². The largest absolute Gasteiger partial charge is 0.352 e. The quantitative estimate of drug-likeness (QED) is 0.486. The molecule has 1 aliphatic carbocycles. The first-order valence-corrected chi connectivity index (χ1v) is 11.4. The summed E-state index contributed by atoms with van der Waals surface area (Å²) in [5, 5.41) is 5.24. The number of benzene rings is 2. The summed E-state index contributed by atoms with van der Waals surface area (Å²) in [7, 11) is 0. The van der Waals surface area contributed by atoms with E-state index in [4.69, 9.17) is 4.98 Å². The van der Waals surface area contributed by atoms with E-state index in [0.717, 1.165) is 40.9 Å². The molecule has 1 amide bonds. The minimum atomic E-state index is -0.0158. The number of aromatic nitrogens is 2. The highest BCUT2D eigenvalue weighted by molar-refractivity contribution is 7.11. The molecule has 0 spiro atoms. The molecular weight excluding hydrogens is 390 g/mol. The van der Waals surface area contributed by atoms with E-state index in [1.807, 2.05) is 35.7 Å². The van der Waals surface area contributed by atoms with Gasteiger partial charge in [-0.2, -0.15) is 0 Å². The number of fused-ring (bicyclic) bond motifs is 2. The predicted octanol–water partition coefficient (Wildman–Crippen LogP) is 4.92. The van der Waals surface area contributed by atoms with Crippen LogP contribution in [0, 0.1) is 6.92 Å². The zero-order valence-electron chi connectivity index (χ0n) is 17.1. The van der Waals surface area contributed by atoms with Crippen molar-refractivity contribution in [3.63, 3.8) is 0 Å². The fourth-order valence-electron chi connectivity index (χ4n) is 4.18.